The van der Waals surface area contributed by atoms with E-state index in [4.69, 9.17) is 10.00 Å². The largest absolute Gasteiger partial charge is 0.375 e. The van der Waals surface area contributed by atoms with Crippen molar-refractivity contribution in [2.45, 2.75) is 25.1 Å². The van der Waals surface area contributed by atoms with E-state index in [0.29, 0.717) is 12.2 Å². The summed E-state index contributed by atoms with van der Waals surface area (Å²) in [5.41, 5.74) is 3.97. The minimum Gasteiger partial charge on any atom is -0.375 e. The van der Waals surface area contributed by atoms with E-state index in [-0.39, 0.29) is 12.1 Å². The molecule has 1 aliphatic rings. The van der Waals surface area contributed by atoms with Crippen LogP contribution in [0.4, 0.5) is 0 Å². The van der Waals surface area contributed by atoms with E-state index in [1.54, 1.807) is 13.4 Å². The van der Waals surface area contributed by atoms with Gasteiger partial charge < -0.3 is 14.6 Å². The van der Waals surface area contributed by atoms with Gasteiger partial charge in [0.2, 0.25) is 0 Å². The van der Waals surface area contributed by atoms with Gasteiger partial charge in [0.15, 0.2) is 5.69 Å². The number of imidazole rings is 1. The summed E-state index contributed by atoms with van der Waals surface area (Å²) in [4.78, 5) is 4.09. The highest BCUT2D eigenvalue weighted by Gasteiger charge is 2.32. The van der Waals surface area contributed by atoms with Crippen molar-refractivity contribution in [1.29, 1.82) is 5.26 Å². The third kappa shape index (κ3) is 2.44. The molecular formula is C16H18N4O. The summed E-state index contributed by atoms with van der Waals surface area (Å²) in [6, 6.07) is 10.7. The highest BCUT2D eigenvalue weighted by molar-refractivity contribution is 5.36. The van der Waals surface area contributed by atoms with Crippen molar-refractivity contribution in [2.24, 2.45) is 7.05 Å². The van der Waals surface area contributed by atoms with Crippen LogP contribution >= 0.6 is 0 Å². The average molecular weight is 282 g/mol. The Hall–Kier alpha value is -2.16. The van der Waals surface area contributed by atoms with E-state index < -0.39 is 0 Å². The zero-order valence-corrected chi connectivity index (χ0v) is 12.2. The normalized spacial score (nSPS) is 20.2. The van der Waals surface area contributed by atoms with Gasteiger partial charge in [0.25, 0.3) is 0 Å². The first-order valence-corrected chi connectivity index (χ1v) is 6.99. The summed E-state index contributed by atoms with van der Waals surface area (Å²) >= 11 is 0. The van der Waals surface area contributed by atoms with Crippen LogP contribution in [-0.2, 0) is 24.8 Å². The molecule has 2 aromatic rings. The fourth-order valence-corrected chi connectivity index (χ4v) is 3.01. The van der Waals surface area contributed by atoms with E-state index in [9.17, 15) is 0 Å². The summed E-state index contributed by atoms with van der Waals surface area (Å²) in [5, 5.41) is 12.6. The Morgan fingerprint density at radius 2 is 2.29 bits per heavy atom. The molecule has 1 N–H and O–H groups in total. The molecule has 1 aliphatic carbocycles. The Kier molecular flexibility index (Phi) is 3.74. The van der Waals surface area contributed by atoms with Crippen molar-refractivity contribution in [2.75, 3.05) is 7.11 Å². The van der Waals surface area contributed by atoms with Crippen LogP contribution in [0.25, 0.3) is 0 Å². The minimum absolute atomic E-state index is 0.0555. The first-order valence-electron chi connectivity index (χ1n) is 6.99. The van der Waals surface area contributed by atoms with Gasteiger partial charge in [-0.25, -0.2) is 4.98 Å². The molecule has 0 unspecified atom stereocenters. The molecule has 1 heterocycles. The number of hydrogen-bond acceptors (Lipinski definition) is 4. The molecule has 2 atom stereocenters. The van der Waals surface area contributed by atoms with Crippen LogP contribution in [0.3, 0.4) is 0 Å². The molecule has 0 amide bonds. The molecule has 0 aliphatic heterocycles. The molecule has 5 nitrogen and oxygen atoms in total. The molecule has 0 bridgehead atoms. The van der Waals surface area contributed by atoms with E-state index in [2.05, 4.69) is 34.6 Å². The number of aryl methyl sites for hydroxylation is 1. The van der Waals surface area contributed by atoms with Crippen LogP contribution < -0.4 is 5.32 Å². The molecule has 0 fully saturated rings. The quantitative estimate of drug-likeness (QED) is 0.927. The lowest BCUT2D eigenvalue weighted by molar-refractivity contribution is 0.0775. The number of fused-ring (bicyclic) bond motifs is 1. The van der Waals surface area contributed by atoms with Gasteiger partial charge in [0, 0.05) is 26.7 Å². The van der Waals surface area contributed by atoms with Gasteiger partial charge in [0.05, 0.1) is 18.1 Å². The Morgan fingerprint density at radius 3 is 3.05 bits per heavy atom. The summed E-state index contributed by atoms with van der Waals surface area (Å²) in [7, 11) is 3.65. The first-order chi connectivity index (χ1) is 10.2. The first kappa shape index (κ1) is 13.8. The summed E-state index contributed by atoms with van der Waals surface area (Å²) in [5.74, 6) is 0. The minimum atomic E-state index is 0.0555. The predicted octanol–water partition coefficient (Wildman–Crippen LogP) is 1.69. The molecule has 0 radical (unpaired) electrons. The Bertz CT molecular complexity index is 686. The number of nitrogens with one attached hydrogen (secondary N) is 1. The number of rotatable bonds is 4. The van der Waals surface area contributed by atoms with Gasteiger partial charge in [-0.15, -0.1) is 0 Å². The van der Waals surface area contributed by atoms with Crippen molar-refractivity contribution in [3.63, 3.8) is 0 Å². The van der Waals surface area contributed by atoms with Gasteiger partial charge in [0.1, 0.15) is 6.07 Å². The van der Waals surface area contributed by atoms with Crippen molar-refractivity contribution in [3.05, 3.63) is 53.1 Å². The van der Waals surface area contributed by atoms with Crippen molar-refractivity contribution >= 4 is 0 Å². The number of benzene rings is 1. The van der Waals surface area contributed by atoms with E-state index in [1.807, 2.05) is 17.7 Å². The second kappa shape index (κ2) is 5.68. The van der Waals surface area contributed by atoms with Gasteiger partial charge in [-0.2, -0.15) is 5.26 Å². The van der Waals surface area contributed by atoms with Crippen LogP contribution in [0, 0.1) is 11.3 Å². The maximum Gasteiger partial charge on any atom is 0.162 e. The van der Waals surface area contributed by atoms with E-state index in [0.717, 1.165) is 12.1 Å². The maximum atomic E-state index is 9.09. The third-order valence-electron chi connectivity index (χ3n) is 4.12. The van der Waals surface area contributed by atoms with Crippen LogP contribution in [-0.4, -0.2) is 22.7 Å². The van der Waals surface area contributed by atoms with Crippen molar-refractivity contribution < 1.29 is 4.74 Å². The van der Waals surface area contributed by atoms with Gasteiger partial charge >= 0.3 is 0 Å². The molecule has 0 saturated heterocycles. The number of nitrogens with zero attached hydrogens (tertiary/aromatic N) is 3. The second-order valence-electron chi connectivity index (χ2n) is 5.31. The van der Waals surface area contributed by atoms with Crippen molar-refractivity contribution in [1.82, 2.24) is 14.9 Å². The average Bonchev–Trinajstić information content (AvgIpc) is 3.04. The number of methoxy groups -OCH3 is 1. The summed E-state index contributed by atoms with van der Waals surface area (Å²) < 4.78 is 7.54. The number of hydrogen-bond donors (Lipinski definition) is 1. The summed E-state index contributed by atoms with van der Waals surface area (Å²) in [6.45, 7) is 0.609. The van der Waals surface area contributed by atoms with Crippen LogP contribution in [0.5, 0.6) is 0 Å². The molecule has 3 rings (SSSR count). The fraction of sp³-hybridized carbons (Fsp3) is 0.375. The zero-order chi connectivity index (χ0) is 14.8. The van der Waals surface area contributed by atoms with Crippen LogP contribution in [0.2, 0.25) is 0 Å². The van der Waals surface area contributed by atoms with Crippen LogP contribution in [0.1, 0.15) is 28.6 Å². The molecule has 1 aromatic carbocycles. The molecular weight excluding hydrogens is 264 g/mol. The van der Waals surface area contributed by atoms with Crippen LogP contribution in [0.15, 0.2) is 30.6 Å². The number of aromatic nitrogens is 2. The summed E-state index contributed by atoms with van der Waals surface area (Å²) in [6.07, 6.45) is 2.67. The zero-order valence-electron chi connectivity index (χ0n) is 12.2. The van der Waals surface area contributed by atoms with E-state index in [1.165, 1.54) is 11.1 Å². The monoisotopic (exact) mass is 282 g/mol. The van der Waals surface area contributed by atoms with Gasteiger partial charge in [-0.05, 0) is 17.5 Å². The highest BCUT2D eigenvalue weighted by Crippen LogP contribution is 2.33. The number of nitriles is 1. The maximum absolute atomic E-state index is 9.09. The molecule has 1 aromatic heterocycles. The third-order valence-corrected chi connectivity index (χ3v) is 4.12. The van der Waals surface area contributed by atoms with Crippen molar-refractivity contribution in [3.8, 4) is 6.07 Å². The topological polar surface area (TPSA) is 62.9 Å². The lowest BCUT2D eigenvalue weighted by Crippen LogP contribution is -2.34. The molecule has 0 spiro atoms. The number of ether oxygens (including phenoxy) is 1. The lowest BCUT2D eigenvalue weighted by Gasteiger charge is -2.20. The molecule has 108 valence electrons. The van der Waals surface area contributed by atoms with Gasteiger partial charge in [-0.3, -0.25) is 0 Å². The SMILES string of the molecule is CO[C@H]1c2ccccc2C[C@H]1NCc1c(C#N)ncn1C. The Labute approximate surface area is 124 Å². The Morgan fingerprint density at radius 1 is 1.48 bits per heavy atom. The molecule has 0 saturated carbocycles. The second-order valence-corrected chi connectivity index (χ2v) is 5.31. The fourth-order valence-electron chi connectivity index (χ4n) is 3.01. The highest BCUT2D eigenvalue weighted by atomic mass is 16.5. The Balaban J connectivity index is 1.75. The predicted molar refractivity (Wildman–Crippen MR) is 78.4 cm³/mol. The van der Waals surface area contributed by atoms with E-state index >= 15 is 0 Å². The molecule has 5 heteroatoms. The standard InChI is InChI=1S/C16H18N4O/c1-20-10-19-14(8-17)15(20)9-18-13-7-11-5-3-4-6-12(11)16(13)21-2/h3-6,10,13,16,18H,7,9H2,1-2H3/t13-,16+/m1/s1. The lowest BCUT2D eigenvalue weighted by atomic mass is 10.1. The smallest absolute Gasteiger partial charge is 0.162 e. The molecule has 21 heavy (non-hydrogen) atoms. The van der Waals surface area contributed by atoms with Gasteiger partial charge in [-0.1, -0.05) is 24.3 Å².